The summed E-state index contributed by atoms with van der Waals surface area (Å²) in [5.41, 5.74) is 6.41. The number of carbonyl (C=O) groups excluding carboxylic acids is 2. The fourth-order valence-electron chi connectivity index (χ4n) is 7.15. The van der Waals surface area contributed by atoms with Gasteiger partial charge in [0, 0.05) is 68.9 Å². The molecule has 5 aromatic carbocycles. The molecular weight excluding hydrogens is 647 g/mol. The second-order valence-electron chi connectivity index (χ2n) is 12.2. The van der Waals surface area contributed by atoms with Crippen molar-refractivity contribution in [1.29, 1.82) is 0 Å². The van der Waals surface area contributed by atoms with E-state index in [0.29, 0.717) is 56.2 Å². The van der Waals surface area contributed by atoms with Crippen LogP contribution in [0, 0.1) is 0 Å². The molecule has 0 fully saturated rings. The van der Waals surface area contributed by atoms with E-state index in [9.17, 15) is 9.59 Å². The minimum absolute atomic E-state index is 0.00593. The second kappa shape index (κ2) is 10.2. The minimum atomic E-state index is 0.00593. The van der Waals surface area contributed by atoms with Crippen LogP contribution in [0.1, 0.15) is 48.4 Å². The summed E-state index contributed by atoms with van der Waals surface area (Å²) < 4.78 is 17.3. The van der Waals surface area contributed by atoms with Gasteiger partial charge in [-0.3, -0.25) is 9.59 Å². The SMILES string of the molecule is CCn1c2ccc(C(C)=O)cc2c2cc3c(cc21)Oc1c(Cl)c2c(c(Cl)c1=N3)Oc1cc3c(cc1N=2)c1cc(C(C)=O)ccc1n3CC. The average Bonchev–Trinajstić information content (AvgIpc) is 3.56. The van der Waals surface area contributed by atoms with Gasteiger partial charge in [0.1, 0.15) is 32.1 Å². The van der Waals surface area contributed by atoms with Gasteiger partial charge in [0.05, 0.1) is 11.0 Å². The third-order valence-electron chi connectivity index (χ3n) is 9.47. The lowest BCUT2D eigenvalue weighted by Crippen LogP contribution is -2.22. The third-order valence-corrected chi connectivity index (χ3v) is 10.2. The van der Waals surface area contributed by atoms with Crippen LogP contribution in [0.2, 0.25) is 10.0 Å². The lowest BCUT2D eigenvalue weighted by atomic mass is 10.1. The molecular formula is C38H26Cl2N4O4. The van der Waals surface area contributed by atoms with Gasteiger partial charge in [-0.1, -0.05) is 23.2 Å². The summed E-state index contributed by atoms with van der Waals surface area (Å²) in [6.45, 7) is 8.74. The van der Waals surface area contributed by atoms with Crippen LogP contribution in [0.5, 0.6) is 23.0 Å². The van der Waals surface area contributed by atoms with E-state index in [1.54, 1.807) is 13.8 Å². The van der Waals surface area contributed by atoms with Gasteiger partial charge in [0.15, 0.2) is 34.6 Å². The van der Waals surface area contributed by atoms with Crippen molar-refractivity contribution < 1.29 is 19.1 Å². The number of ketones is 2. The summed E-state index contributed by atoms with van der Waals surface area (Å²) >= 11 is 14.1. The Morgan fingerprint density at radius 2 is 1.00 bits per heavy atom. The predicted molar refractivity (Wildman–Crippen MR) is 188 cm³/mol. The van der Waals surface area contributed by atoms with Crippen molar-refractivity contribution in [3.8, 4) is 23.0 Å². The maximum Gasteiger partial charge on any atom is 0.175 e. The normalized spacial score (nSPS) is 13.0. The first-order valence-electron chi connectivity index (χ1n) is 15.7. The van der Waals surface area contributed by atoms with Gasteiger partial charge in [0.25, 0.3) is 0 Å². The smallest absolute Gasteiger partial charge is 0.175 e. The Morgan fingerprint density at radius 3 is 1.38 bits per heavy atom. The van der Waals surface area contributed by atoms with Crippen molar-refractivity contribution in [2.75, 3.05) is 0 Å². The van der Waals surface area contributed by atoms with Gasteiger partial charge in [-0.2, -0.15) is 0 Å². The topological polar surface area (TPSA) is 87.2 Å². The van der Waals surface area contributed by atoms with Crippen molar-refractivity contribution >= 4 is 89.8 Å². The molecule has 0 unspecified atom stereocenters. The number of aryl methyl sites for hydroxylation is 2. The van der Waals surface area contributed by atoms with Crippen LogP contribution in [0.15, 0.2) is 70.6 Å². The summed E-state index contributed by atoms with van der Waals surface area (Å²) in [6.07, 6.45) is 0. The number of rotatable bonds is 4. The van der Waals surface area contributed by atoms with Gasteiger partial charge in [-0.25, -0.2) is 9.98 Å². The predicted octanol–water partition coefficient (Wildman–Crippen LogP) is 9.77. The molecule has 0 spiro atoms. The molecule has 0 amide bonds. The molecule has 10 heteroatoms. The van der Waals surface area contributed by atoms with Crippen molar-refractivity contribution in [2.24, 2.45) is 9.98 Å². The number of nitrogens with zero attached hydrogens (tertiary/aromatic N) is 4. The molecule has 0 saturated heterocycles. The van der Waals surface area contributed by atoms with E-state index in [0.717, 1.165) is 56.7 Å². The molecule has 0 atom stereocenters. The van der Waals surface area contributed by atoms with E-state index in [-0.39, 0.29) is 21.6 Å². The standard InChI is InChI=1S/C38H26Cl2N4O4/c1-5-43-27-9-7-19(17(3)45)11-21(27)23-13-25-31(15-29(23)43)47-37-33(39)36-38(34(40)35(37)41-25)48-32-16-30-24(14-26(32)42-36)22-12-20(18(4)46)8-10-28(22)44(30)6-2/h7-16H,5-6H2,1-4H3. The Hall–Kier alpha value is -5.18. The highest BCUT2D eigenvalue weighted by Gasteiger charge is 2.29. The highest BCUT2D eigenvalue weighted by atomic mass is 35.5. The molecule has 0 saturated carbocycles. The van der Waals surface area contributed by atoms with E-state index >= 15 is 0 Å². The second-order valence-corrected chi connectivity index (χ2v) is 12.9. The molecule has 9 rings (SSSR count). The number of ether oxygens (including phenoxy) is 2. The number of carbonyl (C=O) groups is 2. The van der Waals surface area contributed by atoms with Gasteiger partial charge >= 0.3 is 0 Å². The Bertz CT molecular complexity index is 2600. The molecule has 8 nitrogen and oxygen atoms in total. The molecule has 2 aromatic heterocycles. The number of hydrogen-bond donors (Lipinski definition) is 0. The van der Waals surface area contributed by atoms with Crippen LogP contribution < -0.4 is 20.2 Å². The van der Waals surface area contributed by atoms with E-state index in [1.165, 1.54) is 0 Å². The molecule has 2 aliphatic rings. The molecule has 0 bridgehead atoms. The van der Waals surface area contributed by atoms with Crippen LogP contribution in [0.3, 0.4) is 0 Å². The highest BCUT2D eigenvalue weighted by molar-refractivity contribution is 6.35. The Balaban J connectivity index is 1.25. The van der Waals surface area contributed by atoms with Crippen molar-refractivity contribution in [3.63, 3.8) is 0 Å². The first-order valence-corrected chi connectivity index (χ1v) is 16.5. The Labute approximate surface area is 283 Å². The zero-order chi connectivity index (χ0) is 33.2. The van der Waals surface area contributed by atoms with Crippen molar-refractivity contribution in [1.82, 2.24) is 9.13 Å². The molecule has 0 radical (unpaired) electrons. The number of hydrogen-bond acceptors (Lipinski definition) is 6. The minimum Gasteiger partial charge on any atom is -0.451 e. The lowest BCUT2D eigenvalue weighted by Gasteiger charge is -2.21. The van der Waals surface area contributed by atoms with Crippen LogP contribution in [0.25, 0.3) is 43.6 Å². The summed E-state index contributed by atoms with van der Waals surface area (Å²) in [4.78, 5) is 34.3. The molecule has 7 aromatic rings. The number of aromatic nitrogens is 2. The van der Waals surface area contributed by atoms with Crippen LogP contribution in [0.4, 0.5) is 11.4 Å². The largest absolute Gasteiger partial charge is 0.451 e. The van der Waals surface area contributed by atoms with Crippen molar-refractivity contribution in [2.45, 2.75) is 40.8 Å². The summed E-state index contributed by atoms with van der Waals surface area (Å²) in [5, 5.41) is 5.02. The van der Waals surface area contributed by atoms with Crippen LogP contribution >= 0.6 is 23.2 Å². The Kier molecular flexibility index (Phi) is 6.14. The van der Waals surface area contributed by atoms with E-state index < -0.39 is 0 Å². The zero-order valence-electron chi connectivity index (χ0n) is 26.4. The number of benzene rings is 5. The van der Waals surface area contributed by atoms with Gasteiger partial charge in [-0.15, -0.1) is 0 Å². The maximum absolute atomic E-state index is 12.2. The average molecular weight is 674 g/mol. The number of fused-ring (bicyclic) bond motifs is 10. The first-order chi connectivity index (χ1) is 23.2. The maximum atomic E-state index is 12.2. The quantitative estimate of drug-likeness (QED) is 0.174. The lowest BCUT2D eigenvalue weighted by molar-refractivity contribution is 0.100. The third kappa shape index (κ3) is 3.90. The number of halogens is 2. The highest BCUT2D eigenvalue weighted by Crippen LogP contribution is 2.46. The van der Waals surface area contributed by atoms with E-state index in [4.69, 9.17) is 42.7 Å². The van der Waals surface area contributed by atoms with Crippen molar-refractivity contribution in [3.05, 3.63) is 92.6 Å². The molecule has 0 N–H and O–H groups in total. The number of Topliss-reactive ketones (excluding diaryl/α,β-unsaturated/α-hetero) is 2. The van der Waals surface area contributed by atoms with Crippen LogP contribution in [-0.2, 0) is 13.1 Å². The van der Waals surface area contributed by atoms with E-state index in [2.05, 4.69) is 23.0 Å². The summed E-state index contributed by atoms with van der Waals surface area (Å²) in [6, 6.07) is 19.4. The molecule has 2 aliphatic heterocycles. The Morgan fingerprint density at radius 1 is 0.604 bits per heavy atom. The van der Waals surface area contributed by atoms with Crippen LogP contribution in [-0.4, -0.2) is 20.7 Å². The van der Waals surface area contributed by atoms with E-state index in [1.807, 2.05) is 60.7 Å². The van der Waals surface area contributed by atoms with Gasteiger partial charge < -0.3 is 18.6 Å². The summed E-state index contributed by atoms with van der Waals surface area (Å²) in [5.74, 6) is 1.68. The summed E-state index contributed by atoms with van der Waals surface area (Å²) in [7, 11) is 0. The molecule has 4 heterocycles. The molecule has 236 valence electrons. The van der Waals surface area contributed by atoms with Gasteiger partial charge in [0.2, 0.25) is 0 Å². The fraction of sp³-hybridized carbons (Fsp3) is 0.158. The fourth-order valence-corrected chi connectivity index (χ4v) is 7.67. The van der Waals surface area contributed by atoms with Gasteiger partial charge in [-0.05, 0) is 76.2 Å². The molecule has 48 heavy (non-hydrogen) atoms. The molecule has 0 aliphatic carbocycles. The zero-order valence-corrected chi connectivity index (χ0v) is 27.9. The monoisotopic (exact) mass is 672 g/mol. The first kappa shape index (κ1) is 29.0.